The molecule has 3 nitrogen and oxygen atoms in total. The van der Waals surface area contributed by atoms with Gasteiger partial charge in [-0.3, -0.25) is 15.1 Å². The zero-order valence-electron chi connectivity index (χ0n) is 14.9. The highest BCUT2D eigenvalue weighted by Crippen LogP contribution is 2.49. The third-order valence-electron chi connectivity index (χ3n) is 4.46. The highest BCUT2D eigenvalue weighted by molar-refractivity contribution is 5.76. The largest absolute Gasteiger partial charge is 0.428 e. The number of carbonyl (C=O) groups is 1. The van der Waals surface area contributed by atoms with E-state index in [1.807, 2.05) is 5.48 Å². The molecular weight excluding hydrogens is 445 g/mol. The van der Waals surface area contributed by atoms with Crippen molar-refractivity contribution in [2.24, 2.45) is 0 Å². The van der Waals surface area contributed by atoms with Gasteiger partial charge >= 0.3 is 18.5 Å². The van der Waals surface area contributed by atoms with Crippen LogP contribution in [0.3, 0.4) is 0 Å². The van der Waals surface area contributed by atoms with Gasteiger partial charge in [0.05, 0.1) is 16.8 Å². The zero-order valence-corrected chi connectivity index (χ0v) is 14.9. The van der Waals surface area contributed by atoms with Gasteiger partial charge in [0, 0.05) is 11.1 Å². The lowest BCUT2D eigenvalue weighted by Crippen LogP contribution is -2.43. The Balaban J connectivity index is 2.22. The summed E-state index contributed by atoms with van der Waals surface area (Å²) in [5, 5.41) is 0. The Hall–Kier alpha value is -3.02. The van der Waals surface area contributed by atoms with Crippen molar-refractivity contribution in [3.05, 3.63) is 76.4 Å². The molecule has 1 unspecified atom stereocenters. The number of halogens is 9. The van der Waals surface area contributed by atoms with Crippen LogP contribution in [0.4, 0.5) is 39.5 Å². The zero-order chi connectivity index (χ0) is 23.2. The molecule has 0 fully saturated rings. The van der Waals surface area contributed by atoms with Gasteiger partial charge in [0.1, 0.15) is 6.29 Å². The van der Waals surface area contributed by atoms with Crippen molar-refractivity contribution in [3.63, 3.8) is 0 Å². The average molecular weight is 455 g/mol. The molecule has 1 atom stereocenters. The maximum Gasteiger partial charge on any atom is 0.428 e. The third-order valence-corrected chi connectivity index (χ3v) is 4.46. The quantitative estimate of drug-likeness (QED) is 0.465. The molecule has 2 aromatic carbocycles. The fourth-order valence-electron chi connectivity index (χ4n) is 2.90. The van der Waals surface area contributed by atoms with Crippen molar-refractivity contribution < 1.29 is 49.1 Å². The lowest BCUT2D eigenvalue weighted by Gasteiger charge is -2.29. The Labute approximate surface area is 168 Å². The van der Waals surface area contributed by atoms with Gasteiger partial charge in [0.15, 0.2) is 0 Å². The normalized spacial score (nSPS) is 19.7. The van der Waals surface area contributed by atoms with Crippen LogP contribution in [0.2, 0.25) is 0 Å². The Morgan fingerprint density at radius 3 is 1.74 bits per heavy atom. The molecule has 1 N–H and O–H groups in total. The molecule has 0 amide bonds. The van der Waals surface area contributed by atoms with Crippen LogP contribution in [-0.2, 0) is 22.8 Å². The second-order valence-electron chi connectivity index (χ2n) is 6.53. The maximum atomic E-state index is 13.9. The van der Waals surface area contributed by atoms with E-state index in [1.54, 1.807) is 0 Å². The molecular formula is C19H10F9NO2. The summed E-state index contributed by atoms with van der Waals surface area (Å²) in [6.45, 7) is 0. The van der Waals surface area contributed by atoms with Crippen molar-refractivity contribution in [2.75, 3.05) is 0 Å². The first-order valence-electron chi connectivity index (χ1n) is 8.26. The van der Waals surface area contributed by atoms with E-state index in [9.17, 15) is 44.3 Å². The SMILES string of the molecule is O=Cc1ccc(C2=CC(c3cc(C(F)(F)F)cc(C(F)(F)F)c3)(C(F)(F)F)ON2)cc1. The predicted molar refractivity (Wildman–Crippen MR) is 88.2 cm³/mol. The molecule has 12 heteroatoms. The van der Waals surface area contributed by atoms with Crippen molar-refractivity contribution in [2.45, 2.75) is 24.1 Å². The summed E-state index contributed by atoms with van der Waals surface area (Å²) in [5.41, 5.74) is -7.07. The molecule has 0 aromatic heterocycles. The number of aldehydes is 1. The highest BCUT2D eigenvalue weighted by atomic mass is 19.4. The summed E-state index contributed by atoms with van der Waals surface area (Å²) in [5.74, 6) is 0. The first kappa shape index (κ1) is 22.7. The summed E-state index contributed by atoms with van der Waals surface area (Å²) in [4.78, 5) is 15.3. The van der Waals surface area contributed by atoms with Crippen molar-refractivity contribution in [1.82, 2.24) is 5.48 Å². The molecule has 1 heterocycles. The van der Waals surface area contributed by atoms with Gasteiger partial charge in [-0.15, -0.1) is 0 Å². The summed E-state index contributed by atoms with van der Waals surface area (Å²) in [7, 11) is 0. The van der Waals surface area contributed by atoms with Crippen LogP contribution in [-0.4, -0.2) is 12.5 Å². The molecule has 1 aliphatic rings. The van der Waals surface area contributed by atoms with E-state index in [4.69, 9.17) is 0 Å². The Kier molecular flexibility index (Phi) is 5.33. The van der Waals surface area contributed by atoms with Crippen LogP contribution in [0.25, 0.3) is 5.70 Å². The van der Waals surface area contributed by atoms with E-state index in [-0.39, 0.29) is 35.0 Å². The molecule has 0 spiro atoms. The summed E-state index contributed by atoms with van der Waals surface area (Å²) in [6, 6.07) is 4.60. The van der Waals surface area contributed by atoms with Gasteiger partial charge in [-0.2, -0.15) is 39.5 Å². The van der Waals surface area contributed by atoms with Crippen molar-refractivity contribution in [3.8, 4) is 0 Å². The summed E-state index contributed by atoms with van der Waals surface area (Å²) in [6.07, 6.45) is -15.3. The number of carbonyl (C=O) groups excluding carboxylic acids is 1. The number of rotatable bonds is 3. The van der Waals surface area contributed by atoms with Gasteiger partial charge in [-0.25, -0.2) is 0 Å². The lowest BCUT2D eigenvalue weighted by atomic mass is 9.88. The van der Waals surface area contributed by atoms with Crippen LogP contribution in [0.15, 0.2) is 48.5 Å². The van der Waals surface area contributed by atoms with Crippen LogP contribution >= 0.6 is 0 Å². The molecule has 0 aliphatic carbocycles. The van der Waals surface area contributed by atoms with Gasteiger partial charge in [0.25, 0.3) is 0 Å². The minimum Gasteiger partial charge on any atom is -0.298 e. The van der Waals surface area contributed by atoms with E-state index in [2.05, 4.69) is 4.84 Å². The third kappa shape index (κ3) is 4.24. The molecule has 0 radical (unpaired) electrons. The number of hydrogen-bond acceptors (Lipinski definition) is 3. The Morgan fingerprint density at radius 1 is 0.806 bits per heavy atom. The van der Waals surface area contributed by atoms with Crippen molar-refractivity contribution in [1.29, 1.82) is 0 Å². The van der Waals surface area contributed by atoms with Crippen molar-refractivity contribution >= 4 is 12.0 Å². The second-order valence-corrected chi connectivity index (χ2v) is 6.53. The highest BCUT2D eigenvalue weighted by Gasteiger charge is 2.60. The number of hydroxylamine groups is 1. The van der Waals surface area contributed by atoms with Gasteiger partial charge < -0.3 is 0 Å². The molecule has 0 saturated carbocycles. The standard InChI is InChI=1S/C19H10F9NO2/c20-17(21,22)13-5-12(6-14(7-13)18(23,24)25)16(19(26,27)28)8-15(29-31-16)11-3-1-10(9-30)2-4-11/h1-9,29H. The Morgan fingerprint density at radius 2 is 1.32 bits per heavy atom. The van der Waals surface area contributed by atoms with Crippen LogP contribution in [0.1, 0.15) is 32.6 Å². The molecule has 1 aliphatic heterocycles. The summed E-state index contributed by atoms with van der Waals surface area (Å²) < 4.78 is 120. The average Bonchev–Trinajstić information content (AvgIpc) is 3.13. The molecule has 2 aromatic rings. The first-order chi connectivity index (χ1) is 14.2. The second kappa shape index (κ2) is 7.29. The first-order valence-corrected chi connectivity index (χ1v) is 8.26. The monoisotopic (exact) mass is 455 g/mol. The van der Waals surface area contributed by atoms with Crippen LogP contribution in [0.5, 0.6) is 0 Å². The molecule has 166 valence electrons. The van der Waals surface area contributed by atoms with E-state index >= 15 is 0 Å². The minimum absolute atomic E-state index is 0.0423. The molecule has 0 saturated heterocycles. The van der Waals surface area contributed by atoms with E-state index in [1.165, 1.54) is 24.3 Å². The Bertz CT molecular complexity index is 988. The van der Waals surface area contributed by atoms with E-state index < -0.39 is 40.8 Å². The van der Waals surface area contributed by atoms with Gasteiger partial charge in [-0.1, -0.05) is 24.3 Å². The number of nitrogens with one attached hydrogen (secondary N) is 1. The van der Waals surface area contributed by atoms with Gasteiger partial charge in [-0.05, 0) is 29.8 Å². The summed E-state index contributed by atoms with van der Waals surface area (Å²) >= 11 is 0. The van der Waals surface area contributed by atoms with E-state index in [0.29, 0.717) is 12.4 Å². The van der Waals surface area contributed by atoms with E-state index in [0.717, 1.165) is 0 Å². The molecule has 3 rings (SSSR count). The predicted octanol–water partition coefficient (Wildman–Crippen LogP) is 5.87. The molecule has 31 heavy (non-hydrogen) atoms. The number of benzene rings is 2. The van der Waals surface area contributed by atoms with Crippen LogP contribution < -0.4 is 5.48 Å². The number of hydrogen-bond donors (Lipinski definition) is 1. The minimum atomic E-state index is -5.43. The molecule has 0 bridgehead atoms. The fraction of sp³-hybridized carbons (Fsp3) is 0.211. The topological polar surface area (TPSA) is 38.3 Å². The lowest BCUT2D eigenvalue weighted by molar-refractivity contribution is -0.269. The smallest absolute Gasteiger partial charge is 0.298 e. The fourth-order valence-corrected chi connectivity index (χ4v) is 2.90. The number of alkyl halides is 9. The van der Waals surface area contributed by atoms with Crippen LogP contribution in [0, 0.1) is 0 Å². The maximum absolute atomic E-state index is 13.9. The van der Waals surface area contributed by atoms with Gasteiger partial charge in [0.2, 0.25) is 5.60 Å².